The number of nitrogens with zero attached hydrogens (tertiary/aromatic N) is 7. The van der Waals surface area contributed by atoms with Crippen LogP contribution in [0.25, 0.3) is 28.0 Å². The van der Waals surface area contributed by atoms with Crippen molar-refractivity contribution in [3.8, 4) is 40.4 Å². The first-order valence-corrected chi connectivity index (χ1v) is 12.0. The van der Waals surface area contributed by atoms with Crippen LogP contribution >= 0.6 is 11.6 Å². The summed E-state index contributed by atoms with van der Waals surface area (Å²) < 4.78 is 7.65. The Balaban J connectivity index is 1.74. The number of aliphatic hydroxyl groups is 1. The molecular formula is C27H24ClN7O2. The van der Waals surface area contributed by atoms with Crippen molar-refractivity contribution in [3.63, 3.8) is 0 Å². The molecule has 0 unspecified atom stereocenters. The molecule has 4 aromatic rings. The van der Waals surface area contributed by atoms with Crippen molar-refractivity contribution in [3.05, 3.63) is 59.4 Å². The maximum Gasteiger partial charge on any atom is 0.219 e. The molecule has 1 aliphatic heterocycles. The number of ether oxygens (including phenoxy) is 1. The van der Waals surface area contributed by atoms with E-state index in [9.17, 15) is 15.6 Å². The van der Waals surface area contributed by atoms with Gasteiger partial charge < -0.3 is 14.7 Å². The maximum atomic E-state index is 10.2. The molecular weight excluding hydrogens is 490 g/mol. The van der Waals surface area contributed by atoms with Gasteiger partial charge in [0.25, 0.3) is 0 Å². The number of aromatic nitrogens is 4. The molecule has 186 valence electrons. The van der Waals surface area contributed by atoms with Crippen LogP contribution in [0.4, 0.5) is 5.82 Å². The second-order valence-electron chi connectivity index (χ2n) is 10.1. The molecule has 1 fully saturated rings. The Hall–Kier alpha value is -4.18. The molecule has 0 spiro atoms. The topological polar surface area (TPSA) is 123 Å². The van der Waals surface area contributed by atoms with Gasteiger partial charge in [-0.1, -0.05) is 23.7 Å². The number of halogens is 1. The lowest BCUT2D eigenvalue weighted by atomic mass is 9.84. The fourth-order valence-electron chi connectivity index (χ4n) is 4.24. The molecule has 37 heavy (non-hydrogen) atoms. The highest BCUT2D eigenvalue weighted by atomic mass is 35.5. The van der Waals surface area contributed by atoms with Crippen LogP contribution in [0.1, 0.15) is 26.5 Å². The number of fused-ring (bicyclic) bond motifs is 1. The molecule has 0 saturated carbocycles. The van der Waals surface area contributed by atoms with E-state index in [1.807, 2.05) is 30.0 Å². The van der Waals surface area contributed by atoms with Crippen LogP contribution in [0.3, 0.4) is 0 Å². The first-order chi connectivity index (χ1) is 17.6. The zero-order valence-corrected chi connectivity index (χ0v) is 21.4. The summed E-state index contributed by atoms with van der Waals surface area (Å²) in [4.78, 5) is 11.1. The summed E-state index contributed by atoms with van der Waals surface area (Å²) >= 11 is 6.17. The van der Waals surface area contributed by atoms with E-state index in [0.717, 1.165) is 11.1 Å². The minimum atomic E-state index is -1.05. The van der Waals surface area contributed by atoms with Crippen LogP contribution in [0, 0.1) is 28.1 Å². The summed E-state index contributed by atoms with van der Waals surface area (Å²) in [5.41, 5.74) is 2.23. The number of pyridine rings is 1. The van der Waals surface area contributed by atoms with Crippen LogP contribution < -0.4 is 9.64 Å². The summed E-state index contributed by atoms with van der Waals surface area (Å²) in [6.45, 7) is 6.34. The zero-order chi connectivity index (χ0) is 26.4. The maximum absolute atomic E-state index is 10.2. The van der Waals surface area contributed by atoms with Crippen LogP contribution in [0.2, 0.25) is 5.02 Å². The van der Waals surface area contributed by atoms with Crippen LogP contribution in [0.5, 0.6) is 5.88 Å². The highest BCUT2D eigenvalue weighted by Crippen LogP contribution is 2.40. The number of hydrogen-bond acceptors (Lipinski definition) is 8. The molecule has 1 N–H and O–H groups in total. The molecule has 9 nitrogen and oxygen atoms in total. The SMILES string of the molecule is CC(C)(O)COc1cc(N2CC(C)(C#N)C2)n2nc(-c3ccc(C#N)nc3)c(-c3ccc(Cl)cc3)c2n1. The molecule has 1 aromatic carbocycles. The fourth-order valence-corrected chi connectivity index (χ4v) is 4.37. The Kier molecular flexibility index (Phi) is 5.99. The second-order valence-corrected chi connectivity index (χ2v) is 10.5. The number of hydrogen-bond donors (Lipinski definition) is 1. The summed E-state index contributed by atoms with van der Waals surface area (Å²) in [6, 6.07) is 17.0. The predicted molar refractivity (Wildman–Crippen MR) is 139 cm³/mol. The van der Waals surface area contributed by atoms with Crippen molar-refractivity contribution < 1.29 is 9.84 Å². The van der Waals surface area contributed by atoms with Gasteiger partial charge in [-0.05, 0) is 50.6 Å². The monoisotopic (exact) mass is 513 g/mol. The van der Waals surface area contributed by atoms with Gasteiger partial charge in [-0.3, -0.25) is 0 Å². The van der Waals surface area contributed by atoms with E-state index in [4.69, 9.17) is 26.4 Å². The first kappa shape index (κ1) is 24.5. The highest BCUT2D eigenvalue weighted by Gasteiger charge is 2.41. The third-order valence-electron chi connectivity index (χ3n) is 6.08. The van der Waals surface area contributed by atoms with E-state index in [1.165, 1.54) is 0 Å². The Morgan fingerprint density at radius 1 is 1.14 bits per heavy atom. The van der Waals surface area contributed by atoms with E-state index in [0.29, 0.717) is 52.4 Å². The number of rotatable bonds is 6. The van der Waals surface area contributed by atoms with Gasteiger partial charge in [0.15, 0.2) is 5.65 Å². The molecule has 0 atom stereocenters. The Bertz CT molecular complexity index is 1550. The van der Waals surface area contributed by atoms with E-state index in [2.05, 4.69) is 11.1 Å². The van der Waals surface area contributed by atoms with Crippen LogP contribution in [0.15, 0.2) is 48.7 Å². The average molecular weight is 514 g/mol. The summed E-state index contributed by atoms with van der Waals surface area (Å²) in [7, 11) is 0. The quantitative estimate of drug-likeness (QED) is 0.400. The van der Waals surface area contributed by atoms with Gasteiger partial charge in [0, 0.05) is 35.9 Å². The van der Waals surface area contributed by atoms with E-state index in [-0.39, 0.29) is 6.61 Å². The van der Waals surface area contributed by atoms with Crippen LogP contribution in [-0.2, 0) is 0 Å². The van der Waals surface area contributed by atoms with Crippen molar-refractivity contribution in [2.75, 3.05) is 24.6 Å². The molecule has 0 bridgehead atoms. The molecule has 0 aliphatic carbocycles. The Morgan fingerprint density at radius 3 is 2.43 bits per heavy atom. The van der Waals surface area contributed by atoms with Gasteiger partial charge in [0.2, 0.25) is 5.88 Å². The third kappa shape index (κ3) is 4.79. The Labute approximate surface area is 219 Å². The van der Waals surface area contributed by atoms with Gasteiger partial charge >= 0.3 is 0 Å². The third-order valence-corrected chi connectivity index (χ3v) is 6.33. The Morgan fingerprint density at radius 2 is 1.84 bits per heavy atom. The van der Waals surface area contributed by atoms with E-state index >= 15 is 0 Å². The molecule has 1 saturated heterocycles. The lowest BCUT2D eigenvalue weighted by molar-refractivity contribution is 0.0269. The standard InChI is InChI=1S/C27H24ClN7O2/c1-26(2,36)16-37-21-10-22(34-14-27(3,13-30)15-34)35-25(32-21)23(17-4-7-19(28)8-5-17)24(33-35)18-6-9-20(11-29)31-12-18/h4-10,12,36H,14-16H2,1-3H3. The van der Waals surface area contributed by atoms with Crippen LogP contribution in [-0.4, -0.2) is 50.0 Å². The van der Waals surface area contributed by atoms with Gasteiger partial charge in [0.1, 0.15) is 29.9 Å². The van der Waals surface area contributed by atoms with Crippen molar-refractivity contribution in [1.29, 1.82) is 10.5 Å². The second kappa shape index (κ2) is 9.04. The van der Waals surface area contributed by atoms with Gasteiger partial charge in [-0.25, -0.2) is 4.98 Å². The summed E-state index contributed by atoms with van der Waals surface area (Å²) in [6.07, 6.45) is 1.61. The normalized spacial score (nSPS) is 14.6. The zero-order valence-electron chi connectivity index (χ0n) is 20.6. The van der Waals surface area contributed by atoms with Crippen molar-refractivity contribution >= 4 is 23.1 Å². The highest BCUT2D eigenvalue weighted by molar-refractivity contribution is 6.30. The molecule has 10 heteroatoms. The average Bonchev–Trinajstić information content (AvgIpc) is 3.24. The van der Waals surface area contributed by atoms with E-state index in [1.54, 1.807) is 54.9 Å². The summed E-state index contributed by atoms with van der Waals surface area (Å²) in [5.74, 6) is 1.04. The fraction of sp³-hybridized carbons (Fsp3) is 0.296. The first-order valence-electron chi connectivity index (χ1n) is 11.7. The number of anilines is 1. The molecule has 0 amide bonds. The predicted octanol–water partition coefficient (Wildman–Crippen LogP) is 4.48. The number of nitriles is 2. The number of benzene rings is 1. The van der Waals surface area contributed by atoms with Gasteiger partial charge in [-0.2, -0.15) is 25.1 Å². The lowest BCUT2D eigenvalue weighted by Gasteiger charge is -2.44. The van der Waals surface area contributed by atoms with E-state index < -0.39 is 11.0 Å². The minimum absolute atomic E-state index is 0.0440. The van der Waals surface area contributed by atoms with Crippen molar-refractivity contribution in [1.82, 2.24) is 19.6 Å². The molecule has 3 aromatic heterocycles. The summed E-state index contributed by atoms with van der Waals surface area (Å²) in [5, 5.41) is 34.5. The molecule has 1 aliphatic rings. The molecule has 0 radical (unpaired) electrons. The van der Waals surface area contributed by atoms with Gasteiger partial charge in [0.05, 0.1) is 22.6 Å². The lowest BCUT2D eigenvalue weighted by Crippen LogP contribution is -2.54. The van der Waals surface area contributed by atoms with Gasteiger partial charge in [-0.15, -0.1) is 0 Å². The molecule has 5 rings (SSSR count). The smallest absolute Gasteiger partial charge is 0.219 e. The van der Waals surface area contributed by atoms with Crippen molar-refractivity contribution in [2.24, 2.45) is 5.41 Å². The largest absolute Gasteiger partial charge is 0.474 e. The molecule has 4 heterocycles. The minimum Gasteiger partial charge on any atom is -0.474 e. The van der Waals surface area contributed by atoms with Crippen molar-refractivity contribution in [2.45, 2.75) is 26.4 Å².